The van der Waals surface area contributed by atoms with Crippen molar-refractivity contribution in [3.05, 3.63) is 120 Å². The monoisotopic (exact) mass is 533 g/mol. The summed E-state index contributed by atoms with van der Waals surface area (Å²) in [5.74, 6) is 1.80. The van der Waals surface area contributed by atoms with Crippen molar-refractivity contribution in [1.29, 1.82) is 0 Å². The molecule has 0 aromatic heterocycles. The summed E-state index contributed by atoms with van der Waals surface area (Å²) in [5.41, 5.74) is 3.16. The Morgan fingerprint density at radius 2 is 1.52 bits per heavy atom. The summed E-state index contributed by atoms with van der Waals surface area (Å²) in [6.45, 7) is -0.156. The topological polar surface area (TPSA) is 89.5 Å². The van der Waals surface area contributed by atoms with Gasteiger partial charge < -0.3 is 19.5 Å². The zero-order valence-corrected chi connectivity index (χ0v) is 22.0. The third kappa shape index (κ3) is 6.02. The predicted molar refractivity (Wildman–Crippen MR) is 155 cm³/mol. The van der Waals surface area contributed by atoms with E-state index in [4.69, 9.17) is 19.2 Å². The summed E-state index contributed by atoms with van der Waals surface area (Å²) in [7, 11) is 3.15. The highest BCUT2D eigenvalue weighted by Crippen LogP contribution is 2.30. The molecule has 8 heteroatoms. The maximum atomic E-state index is 13.6. The fourth-order valence-corrected chi connectivity index (χ4v) is 4.15. The second kappa shape index (κ2) is 12.0. The lowest BCUT2D eigenvalue weighted by atomic mass is 10.1. The first-order chi connectivity index (χ1) is 19.5. The SMILES string of the molecule is COc1cccc(NC(=O)COc2ccc(/C=C3\N=C(c4ccccc4)N(c4cccc(OC)c4)C3=O)cc2)c1. The van der Waals surface area contributed by atoms with Crippen LogP contribution in [0.15, 0.2) is 114 Å². The van der Waals surface area contributed by atoms with Crippen molar-refractivity contribution < 1.29 is 23.8 Å². The minimum atomic E-state index is -0.295. The zero-order valence-electron chi connectivity index (χ0n) is 22.0. The van der Waals surface area contributed by atoms with Gasteiger partial charge in [0.15, 0.2) is 6.61 Å². The lowest BCUT2D eigenvalue weighted by Gasteiger charge is -2.19. The first kappa shape index (κ1) is 26.2. The smallest absolute Gasteiger partial charge is 0.282 e. The average Bonchev–Trinajstić information content (AvgIpc) is 3.32. The number of amides is 2. The minimum Gasteiger partial charge on any atom is -0.497 e. The largest absolute Gasteiger partial charge is 0.497 e. The molecule has 1 aliphatic heterocycles. The molecule has 1 heterocycles. The predicted octanol–water partition coefficient (Wildman–Crippen LogP) is 5.56. The van der Waals surface area contributed by atoms with Crippen LogP contribution >= 0.6 is 0 Å². The first-order valence-electron chi connectivity index (χ1n) is 12.5. The third-order valence-electron chi connectivity index (χ3n) is 6.11. The van der Waals surface area contributed by atoms with Gasteiger partial charge >= 0.3 is 0 Å². The number of nitrogens with one attached hydrogen (secondary N) is 1. The van der Waals surface area contributed by atoms with E-state index in [1.54, 1.807) is 67.7 Å². The van der Waals surface area contributed by atoms with Crippen molar-refractivity contribution in [3.8, 4) is 17.2 Å². The van der Waals surface area contributed by atoms with Crippen molar-refractivity contribution in [3.63, 3.8) is 0 Å². The average molecular weight is 534 g/mol. The van der Waals surface area contributed by atoms with E-state index in [0.717, 1.165) is 11.1 Å². The molecule has 0 bridgehead atoms. The minimum absolute atomic E-state index is 0.156. The van der Waals surface area contributed by atoms with Gasteiger partial charge in [-0.15, -0.1) is 0 Å². The molecule has 0 saturated carbocycles. The molecule has 0 radical (unpaired) electrons. The number of carbonyl (C=O) groups is 2. The molecule has 0 aliphatic carbocycles. The highest BCUT2D eigenvalue weighted by Gasteiger charge is 2.32. The van der Waals surface area contributed by atoms with E-state index in [2.05, 4.69) is 5.32 Å². The number of nitrogens with zero attached hydrogens (tertiary/aromatic N) is 2. The molecule has 0 saturated heterocycles. The Bertz CT molecular complexity index is 1580. The van der Waals surface area contributed by atoms with Crippen LogP contribution in [0.5, 0.6) is 17.2 Å². The van der Waals surface area contributed by atoms with Crippen LogP contribution in [0.4, 0.5) is 11.4 Å². The van der Waals surface area contributed by atoms with Crippen LogP contribution in [-0.2, 0) is 9.59 Å². The maximum Gasteiger partial charge on any atom is 0.282 e. The summed E-state index contributed by atoms with van der Waals surface area (Å²) in [6.07, 6.45) is 1.73. The quantitative estimate of drug-likeness (QED) is 0.285. The van der Waals surface area contributed by atoms with Gasteiger partial charge in [0, 0.05) is 23.4 Å². The summed E-state index contributed by atoms with van der Waals surface area (Å²) in [5, 5.41) is 2.78. The number of aliphatic imine (C=N–C) groups is 1. The third-order valence-corrected chi connectivity index (χ3v) is 6.11. The molecule has 0 unspecified atom stereocenters. The van der Waals surface area contributed by atoms with Gasteiger partial charge in [-0.1, -0.05) is 54.6 Å². The molecule has 8 nitrogen and oxygen atoms in total. The molecule has 1 aliphatic rings. The number of amidine groups is 1. The molecule has 0 spiro atoms. The lowest BCUT2D eigenvalue weighted by molar-refractivity contribution is -0.118. The van der Waals surface area contributed by atoms with E-state index < -0.39 is 0 Å². The highest BCUT2D eigenvalue weighted by atomic mass is 16.5. The van der Waals surface area contributed by atoms with Crippen LogP contribution in [0, 0.1) is 0 Å². The Morgan fingerprint density at radius 1 is 0.825 bits per heavy atom. The molecular formula is C32H27N3O5. The number of anilines is 2. The normalized spacial score (nSPS) is 13.7. The number of hydrogen-bond donors (Lipinski definition) is 1. The molecule has 1 N–H and O–H groups in total. The fourth-order valence-electron chi connectivity index (χ4n) is 4.15. The summed E-state index contributed by atoms with van der Waals surface area (Å²) >= 11 is 0. The van der Waals surface area contributed by atoms with Crippen molar-refractivity contribution in [2.75, 3.05) is 31.0 Å². The number of hydrogen-bond acceptors (Lipinski definition) is 6. The van der Waals surface area contributed by atoms with Crippen molar-refractivity contribution in [1.82, 2.24) is 0 Å². The van der Waals surface area contributed by atoms with Crippen LogP contribution in [0.2, 0.25) is 0 Å². The summed E-state index contributed by atoms with van der Waals surface area (Å²) in [4.78, 5) is 32.1. The van der Waals surface area contributed by atoms with Gasteiger partial charge in [-0.05, 0) is 48.0 Å². The summed E-state index contributed by atoms with van der Waals surface area (Å²) in [6, 6.07) is 31.1. The molecule has 2 amide bonds. The van der Waals surface area contributed by atoms with E-state index in [1.807, 2.05) is 60.7 Å². The number of carbonyl (C=O) groups excluding carboxylic acids is 2. The second-order valence-corrected chi connectivity index (χ2v) is 8.81. The molecule has 200 valence electrons. The van der Waals surface area contributed by atoms with Gasteiger partial charge in [0.05, 0.1) is 19.9 Å². The Morgan fingerprint density at radius 3 is 2.25 bits per heavy atom. The second-order valence-electron chi connectivity index (χ2n) is 8.81. The van der Waals surface area contributed by atoms with Crippen LogP contribution in [0.1, 0.15) is 11.1 Å². The van der Waals surface area contributed by atoms with E-state index >= 15 is 0 Å². The zero-order chi connectivity index (χ0) is 27.9. The van der Waals surface area contributed by atoms with E-state index in [1.165, 1.54) is 0 Å². The Labute approximate surface area is 232 Å². The van der Waals surface area contributed by atoms with Crippen molar-refractivity contribution >= 4 is 35.1 Å². The van der Waals surface area contributed by atoms with Gasteiger partial charge in [0.1, 0.15) is 28.8 Å². The highest BCUT2D eigenvalue weighted by molar-refractivity contribution is 6.33. The maximum absolute atomic E-state index is 13.6. The van der Waals surface area contributed by atoms with Crippen LogP contribution in [-0.4, -0.2) is 38.5 Å². The molecule has 4 aromatic carbocycles. The first-order valence-corrected chi connectivity index (χ1v) is 12.5. The summed E-state index contributed by atoms with van der Waals surface area (Å²) < 4.78 is 16.2. The van der Waals surface area contributed by atoms with Crippen LogP contribution in [0.3, 0.4) is 0 Å². The van der Waals surface area contributed by atoms with Gasteiger partial charge in [-0.2, -0.15) is 0 Å². The van der Waals surface area contributed by atoms with Crippen molar-refractivity contribution in [2.45, 2.75) is 0 Å². The number of ether oxygens (including phenoxy) is 3. The number of methoxy groups -OCH3 is 2. The Balaban J connectivity index is 1.31. The van der Waals surface area contributed by atoms with Gasteiger partial charge in [-0.3, -0.25) is 14.5 Å². The molecule has 0 fully saturated rings. The van der Waals surface area contributed by atoms with E-state index in [0.29, 0.717) is 40.2 Å². The van der Waals surface area contributed by atoms with E-state index in [-0.39, 0.29) is 18.4 Å². The van der Waals surface area contributed by atoms with E-state index in [9.17, 15) is 9.59 Å². The van der Waals surface area contributed by atoms with Gasteiger partial charge in [0.2, 0.25) is 0 Å². The number of rotatable bonds is 9. The van der Waals surface area contributed by atoms with Crippen molar-refractivity contribution in [2.24, 2.45) is 4.99 Å². The van der Waals surface area contributed by atoms with Crippen LogP contribution < -0.4 is 24.4 Å². The molecule has 4 aromatic rings. The molecular weight excluding hydrogens is 506 g/mol. The Kier molecular flexibility index (Phi) is 7.87. The standard InChI is InChI=1S/C32H27N3O5/c1-38-27-12-6-10-24(19-27)33-30(36)21-40-26-16-14-22(15-17-26)18-29-32(37)35(25-11-7-13-28(20-25)39-2)31(34-29)23-8-4-3-5-9-23/h3-20H,21H2,1-2H3,(H,33,36)/b29-18-. The Hall–Kier alpha value is -5.37. The van der Waals surface area contributed by atoms with Gasteiger partial charge in [0.25, 0.3) is 11.8 Å². The molecule has 0 atom stereocenters. The van der Waals surface area contributed by atoms with Crippen LogP contribution in [0.25, 0.3) is 6.08 Å². The molecule has 5 rings (SSSR count). The fraction of sp³-hybridized carbons (Fsp3) is 0.0938. The van der Waals surface area contributed by atoms with Gasteiger partial charge in [-0.25, -0.2) is 4.99 Å². The lowest BCUT2D eigenvalue weighted by Crippen LogP contribution is -2.32. The molecule has 40 heavy (non-hydrogen) atoms. The number of benzene rings is 4.